The van der Waals surface area contributed by atoms with Gasteiger partial charge in [0.15, 0.2) is 5.83 Å². The Kier molecular flexibility index (Phi) is 5.17. The first-order valence-corrected chi connectivity index (χ1v) is 8.65. The number of rotatable bonds is 5. The van der Waals surface area contributed by atoms with Gasteiger partial charge in [0.1, 0.15) is 23.5 Å². The zero-order valence-electron chi connectivity index (χ0n) is 15.6. The maximum Gasteiger partial charge on any atom is 0.328 e. The smallest absolute Gasteiger partial charge is 0.328 e. The monoisotopic (exact) mass is 389 g/mol. The average Bonchev–Trinajstić information content (AvgIpc) is 3.01. The van der Waals surface area contributed by atoms with Gasteiger partial charge in [-0.05, 0) is 11.5 Å². The lowest BCUT2D eigenvalue weighted by Gasteiger charge is -2.33. The van der Waals surface area contributed by atoms with Gasteiger partial charge in [0, 0.05) is 23.2 Å². The number of fused-ring (bicyclic) bond motifs is 1. The number of aliphatic imine (C=N–C) groups is 1. The summed E-state index contributed by atoms with van der Waals surface area (Å²) in [5.41, 5.74) is 0.715. The van der Waals surface area contributed by atoms with Gasteiger partial charge in [-0.3, -0.25) is 4.99 Å². The summed E-state index contributed by atoms with van der Waals surface area (Å²) in [7, 11) is 0. The van der Waals surface area contributed by atoms with Crippen molar-refractivity contribution in [3.05, 3.63) is 53.6 Å². The van der Waals surface area contributed by atoms with Crippen LogP contribution >= 0.6 is 0 Å². The predicted molar refractivity (Wildman–Crippen MR) is 102 cm³/mol. The number of aromatic amines is 1. The minimum Gasteiger partial charge on any atom is -0.478 e. The minimum atomic E-state index is -1.09. The van der Waals surface area contributed by atoms with Crippen molar-refractivity contribution in [3.63, 3.8) is 0 Å². The zero-order valence-corrected chi connectivity index (χ0v) is 15.6. The van der Waals surface area contributed by atoms with E-state index >= 15 is 0 Å². The van der Waals surface area contributed by atoms with Crippen LogP contribution in [0.1, 0.15) is 32.5 Å². The maximum atomic E-state index is 14.4. The number of nitrogens with zero attached hydrogens (tertiary/aromatic N) is 2. The van der Waals surface area contributed by atoms with Crippen LogP contribution in [-0.4, -0.2) is 33.3 Å². The Labute approximate surface area is 160 Å². The van der Waals surface area contributed by atoms with E-state index in [0.29, 0.717) is 16.6 Å². The van der Waals surface area contributed by atoms with Gasteiger partial charge in [-0.15, -0.1) is 0 Å². The predicted octanol–water partition coefficient (Wildman–Crippen LogP) is 3.16. The van der Waals surface area contributed by atoms with Gasteiger partial charge in [-0.2, -0.15) is 0 Å². The lowest BCUT2D eigenvalue weighted by atomic mass is 9.86. The van der Waals surface area contributed by atoms with Gasteiger partial charge in [0.2, 0.25) is 0 Å². The second kappa shape index (κ2) is 7.41. The number of carbonyl (C=O) groups is 1. The number of H-pyrrole nitrogens is 1. The van der Waals surface area contributed by atoms with E-state index in [-0.39, 0.29) is 5.82 Å². The molecule has 9 heteroatoms. The van der Waals surface area contributed by atoms with E-state index in [1.54, 1.807) is 6.20 Å². The molecule has 0 saturated heterocycles. The third kappa shape index (κ3) is 4.19. The first kappa shape index (κ1) is 19.5. The van der Waals surface area contributed by atoms with Crippen LogP contribution in [0, 0.1) is 11.2 Å². The van der Waals surface area contributed by atoms with Crippen molar-refractivity contribution in [2.24, 2.45) is 10.4 Å². The van der Waals surface area contributed by atoms with Crippen LogP contribution in [0.15, 0.2) is 47.3 Å². The van der Waals surface area contributed by atoms with Crippen molar-refractivity contribution in [1.29, 1.82) is 0 Å². The molecule has 0 aliphatic carbocycles. The molecule has 4 N–H and O–H groups in total. The second-order valence-corrected chi connectivity index (χ2v) is 7.53. The number of allylic oxidation sites excluding steroid dienone is 1. The van der Waals surface area contributed by atoms with E-state index in [0.717, 1.165) is 18.5 Å². The van der Waals surface area contributed by atoms with Crippen molar-refractivity contribution < 1.29 is 18.7 Å². The summed E-state index contributed by atoms with van der Waals surface area (Å²) >= 11 is 0. The molecule has 0 fully saturated rings. The molecule has 1 aliphatic rings. The average molecular weight is 389 g/mol. The molecule has 148 valence electrons. The number of aliphatic carboxylic acids is 1. The molecular formula is C19H21F2N5O2. The van der Waals surface area contributed by atoms with E-state index in [9.17, 15) is 13.6 Å². The first-order chi connectivity index (χ1) is 13.1. The molecule has 1 unspecified atom stereocenters. The fourth-order valence-electron chi connectivity index (χ4n) is 2.83. The van der Waals surface area contributed by atoms with Crippen molar-refractivity contribution in [2.45, 2.75) is 33.0 Å². The molecule has 0 bridgehead atoms. The number of hydrogen-bond acceptors (Lipinski definition) is 5. The minimum absolute atomic E-state index is 0.0775. The Bertz CT molecular complexity index is 988. The Morgan fingerprint density at radius 3 is 2.82 bits per heavy atom. The van der Waals surface area contributed by atoms with Crippen LogP contribution in [0.4, 0.5) is 8.78 Å². The molecule has 2 aromatic rings. The number of pyridine rings is 1. The Morgan fingerprint density at radius 1 is 1.39 bits per heavy atom. The molecule has 0 radical (unpaired) electrons. The Balaban J connectivity index is 1.87. The highest BCUT2D eigenvalue weighted by atomic mass is 19.1. The number of nitrogens with one attached hydrogen (secondary N) is 3. The van der Waals surface area contributed by atoms with Crippen molar-refractivity contribution in [2.75, 3.05) is 0 Å². The third-order valence-electron chi connectivity index (χ3n) is 4.35. The van der Waals surface area contributed by atoms with E-state index < -0.39 is 35.2 Å². The SMILES string of the molecule is CC(C)(C)[C@@H](/C=C/C(=O)O)NC1=C(F)C=NC(c2c[nH]c3ncc(F)cc23)N1. The highest BCUT2D eigenvalue weighted by Crippen LogP contribution is 2.28. The molecule has 3 rings (SSSR count). The first-order valence-electron chi connectivity index (χ1n) is 8.65. The molecule has 0 aromatic carbocycles. The molecule has 3 heterocycles. The lowest BCUT2D eigenvalue weighted by Crippen LogP contribution is -2.44. The van der Waals surface area contributed by atoms with Crippen LogP contribution in [0.2, 0.25) is 0 Å². The normalized spacial score (nSPS) is 18.5. The standard InChI is InChI=1S/C19H21F2N5O2/c1-19(2,3)14(4-5-15(27)28)25-18-13(21)9-24-17(26-18)12-8-23-16-11(12)6-10(20)7-22-16/h4-9,14,17,25-26H,1-3H3,(H,22,23)(H,27,28)/b5-4+/t14-,17?/m1/s1. The summed E-state index contributed by atoms with van der Waals surface area (Å²) in [6.07, 6.45) is 5.65. The van der Waals surface area contributed by atoms with Gasteiger partial charge in [0.25, 0.3) is 0 Å². The molecule has 2 aromatic heterocycles. The van der Waals surface area contributed by atoms with Crippen molar-refractivity contribution >= 4 is 23.2 Å². The summed E-state index contributed by atoms with van der Waals surface area (Å²) in [4.78, 5) is 21.9. The molecule has 0 saturated carbocycles. The third-order valence-corrected chi connectivity index (χ3v) is 4.35. The Hall–Kier alpha value is -3.23. The topological polar surface area (TPSA) is 102 Å². The number of carboxylic acids is 1. The van der Waals surface area contributed by atoms with Gasteiger partial charge >= 0.3 is 5.97 Å². The fraction of sp³-hybridized carbons (Fsp3) is 0.316. The molecular weight excluding hydrogens is 368 g/mol. The van der Waals surface area contributed by atoms with E-state index in [1.165, 1.54) is 12.1 Å². The largest absolute Gasteiger partial charge is 0.478 e. The molecule has 7 nitrogen and oxygen atoms in total. The molecule has 0 spiro atoms. The molecule has 0 amide bonds. The second-order valence-electron chi connectivity index (χ2n) is 7.53. The summed E-state index contributed by atoms with van der Waals surface area (Å²) in [6.45, 7) is 5.70. The highest BCUT2D eigenvalue weighted by molar-refractivity contribution is 5.82. The van der Waals surface area contributed by atoms with Crippen LogP contribution < -0.4 is 10.6 Å². The zero-order chi connectivity index (χ0) is 20.5. The molecule has 2 atom stereocenters. The summed E-state index contributed by atoms with van der Waals surface area (Å²) < 4.78 is 28.0. The van der Waals surface area contributed by atoms with Crippen molar-refractivity contribution in [3.8, 4) is 0 Å². The number of carboxylic acid groups (broad SMARTS) is 1. The maximum absolute atomic E-state index is 14.4. The van der Waals surface area contributed by atoms with E-state index in [4.69, 9.17) is 5.11 Å². The van der Waals surface area contributed by atoms with Gasteiger partial charge in [-0.25, -0.2) is 18.6 Å². The molecule has 28 heavy (non-hydrogen) atoms. The number of halogens is 2. The fourth-order valence-corrected chi connectivity index (χ4v) is 2.83. The molecule has 1 aliphatic heterocycles. The highest BCUT2D eigenvalue weighted by Gasteiger charge is 2.27. The quantitative estimate of drug-likeness (QED) is 0.589. The van der Waals surface area contributed by atoms with Gasteiger partial charge in [-0.1, -0.05) is 26.8 Å². The van der Waals surface area contributed by atoms with Gasteiger partial charge in [0.05, 0.1) is 18.5 Å². The summed E-state index contributed by atoms with van der Waals surface area (Å²) in [6, 6.07) is 0.867. The van der Waals surface area contributed by atoms with Crippen LogP contribution in [-0.2, 0) is 4.79 Å². The Morgan fingerprint density at radius 2 is 2.14 bits per heavy atom. The number of aromatic nitrogens is 2. The summed E-state index contributed by atoms with van der Waals surface area (Å²) in [5, 5.41) is 15.4. The van der Waals surface area contributed by atoms with Crippen LogP contribution in [0.3, 0.4) is 0 Å². The van der Waals surface area contributed by atoms with Crippen LogP contribution in [0.5, 0.6) is 0 Å². The van der Waals surface area contributed by atoms with E-state index in [1.807, 2.05) is 20.8 Å². The van der Waals surface area contributed by atoms with E-state index in [2.05, 4.69) is 25.6 Å². The van der Waals surface area contributed by atoms with Crippen molar-refractivity contribution in [1.82, 2.24) is 20.6 Å². The summed E-state index contributed by atoms with van der Waals surface area (Å²) in [5.74, 6) is -2.11. The number of hydrogen-bond donors (Lipinski definition) is 4. The lowest BCUT2D eigenvalue weighted by molar-refractivity contribution is -0.131. The van der Waals surface area contributed by atoms with Gasteiger partial charge < -0.3 is 20.7 Å². The van der Waals surface area contributed by atoms with Crippen LogP contribution in [0.25, 0.3) is 11.0 Å².